The maximum absolute atomic E-state index is 5.36. The molecule has 2 fully saturated rings. The molecule has 2 aliphatic heterocycles. The van der Waals surface area contributed by atoms with E-state index in [-0.39, 0.29) is 0 Å². The summed E-state index contributed by atoms with van der Waals surface area (Å²) in [5.74, 6) is 0. The maximum Gasteiger partial charge on any atom is 0.187 e. The van der Waals surface area contributed by atoms with E-state index in [2.05, 4.69) is 49.9 Å². The van der Waals surface area contributed by atoms with Crippen LogP contribution < -0.4 is 15.6 Å². The van der Waals surface area contributed by atoms with Crippen LogP contribution in [-0.2, 0) is 4.74 Å². The van der Waals surface area contributed by atoms with Crippen molar-refractivity contribution in [1.29, 1.82) is 0 Å². The van der Waals surface area contributed by atoms with Crippen LogP contribution in [-0.4, -0.2) is 68.2 Å². The van der Waals surface area contributed by atoms with Crippen LogP contribution in [0.3, 0.4) is 0 Å². The second-order valence-corrected chi connectivity index (χ2v) is 7.88. The van der Waals surface area contributed by atoms with Gasteiger partial charge >= 0.3 is 0 Å². The molecule has 0 saturated carbocycles. The first-order chi connectivity index (χ1) is 13.7. The second kappa shape index (κ2) is 11.3. The van der Waals surface area contributed by atoms with Gasteiger partial charge in [-0.2, -0.15) is 5.10 Å². The number of hydrogen-bond donors (Lipinski definition) is 2. The van der Waals surface area contributed by atoms with Gasteiger partial charge in [-0.3, -0.25) is 10.3 Å². The normalized spacial score (nSPS) is 19.2. The van der Waals surface area contributed by atoms with Crippen molar-refractivity contribution in [3.63, 3.8) is 0 Å². The monoisotopic (exact) mass is 403 g/mol. The van der Waals surface area contributed by atoms with E-state index in [4.69, 9.17) is 17.0 Å². The molecule has 0 aromatic heterocycles. The standard InChI is InChI=1S/C21H33N5OS/c1-18(23-24-21(28)22-10-13-25-14-16-27-17-15-25)19-6-8-20(9-7-19)26-11-4-2-3-5-12-26/h6-9H,2-5,10-17H2,1H3,(H2,22,24,28)/b23-18+. The van der Waals surface area contributed by atoms with E-state index in [1.165, 1.54) is 44.5 Å². The first kappa shape index (κ1) is 21.0. The van der Waals surface area contributed by atoms with Gasteiger partial charge in [0.15, 0.2) is 5.11 Å². The Morgan fingerprint density at radius 1 is 1.04 bits per heavy atom. The van der Waals surface area contributed by atoms with Gasteiger partial charge in [-0.25, -0.2) is 0 Å². The van der Waals surface area contributed by atoms with Gasteiger partial charge in [-0.1, -0.05) is 25.0 Å². The van der Waals surface area contributed by atoms with Gasteiger partial charge in [0.1, 0.15) is 0 Å². The van der Waals surface area contributed by atoms with Crippen LogP contribution >= 0.6 is 12.2 Å². The van der Waals surface area contributed by atoms with Crippen molar-refractivity contribution in [2.45, 2.75) is 32.6 Å². The molecule has 0 atom stereocenters. The lowest BCUT2D eigenvalue weighted by molar-refractivity contribution is 0.0389. The molecule has 2 saturated heterocycles. The molecule has 0 unspecified atom stereocenters. The van der Waals surface area contributed by atoms with E-state index >= 15 is 0 Å². The maximum atomic E-state index is 5.36. The Bertz CT molecular complexity index is 635. The first-order valence-corrected chi connectivity index (χ1v) is 10.9. The van der Waals surface area contributed by atoms with Crippen LogP contribution in [0.4, 0.5) is 5.69 Å². The summed E-state index contributed by atoms with van der Waals surface area (Å²) < 4.78 is 5.36. The highest BCUT2D eigenvalue weighted by atomic mass is 32.1. The average molecular weight is 404 g/mol. The molecule has 2 aliphatic rings. The molecule has 2 heterocycles. The molecule has 0 bridgehead atoms. The highest BCUT2D eigenvalue weighted by molar-refractivity contribution is 7.80. The Morgan fingerprint density at radius 3 is 2.39 bits per heavy atom. The van der Waals surface area contributed by atoms with Gasteiger partial charge in [0.05, 0.1) is 18.9 Å². The van der Waals surface area contributed by atoms with E-state index in [1.807, 2.05) is 6.92 Å². The van der Waals surface area contributed by atoms with E-state index in [0.717, 1.165) is 50.7 Å². The molecule has 0 spiro atoms. The van der Waals surface area contributed by atoms with Crippen LogP contribution in [0.25, 0.3) is 0 Å². The number of benzene rings is 1. The van der Waals surface area contributed by atoms with Crippen molar-refractivity contribution in [2.75, 3.05) is 57.4 Å². The minimum Gasteiger partial charge on any atom is -0.379 e. The first-order valence-electron chi connectivity index (χ1n) is 10.5. The molecule has 154 valence electrons. The molecule has 0 radical (unpaired) electrons. The van der Waals surface area contributed by atoms with E-state index < -0.39 is 0 Å². The summed E-state index contributed by atoms with van der Waals surface area (Å²) in [6.45, 7) is 9.74. The Morgan fingerprint density at radius 2 is 1.71 bits per heavy atom. The summed E-state index contributed by atoms with van der Waals surface area (Å²) in [6, 6.07) is 8.71. The third-order valence-corrected chi connectivity index (χ3v) is 5.63. The highest BCUT2D eigenvalue weighted by Gasteiger charge is 2.11. The predicted octanol–water partition coefficient (Wildman–Crippen LogP) is 2.59. The van der Waals surface area contributed by atoms with Crippen molar-refractivity contribution < 1.29 is 4.74 Å². The van der Waals surface area contributed by atoms with Crippen LogP contribution in [0.5, 0.6) is 0 Å². The number of hydrazone groups is 1. The third kappa shape index (κ3) is 6.72. The minimum absolute atomic E-state index is 0.564. The summed E-state index contributed by atoms with van der Waals surface area (Å²) in [5, 5.41) is 8.22. The highest BCUT2D eigenvalue weighted by Crippen LogP contribution is 2.20. The summed E-state index contributed by atoms with van der Waals surface area (Å²) >= 11 is 5.33. The van der Waals surface area contributed by atoms with Crippen LogP contribution in [0, 0.1) is 0 Å². The predicted molar refractivity (Wildman–Crippen MR) is 120 cm³/mol. The van der Waals surface area contributed by atoms with Crippen LogP contribution in [0.1, 0.15) is 38.2 Å². The molecule has 0 amide bonds. The van der Waals surface area contributed by atoms with E-state index in [0.29, 0.717) is 5.11 Å². The van der Waals surface area contributed by atoms with E-state index in [9.17, 15) is 0 Å². The van der Waals surface area contributed by atoms with Gasteiger partial charge in [-0.15, -0.1) is 0 Å². The molecule has 1 aromatic rings. The fourth-order valence-corrected chi connectivity index (χ4v) is 3.78. The molecule has 0 aliphatic carbocycles. The molecule has 1 aromatic carbocycles. The molecule has 28 heavy (non-hydrogen) atoms. The minimum atomic E-state index is 0.564. The molecular weight excluding hydrogens is 370 g/mol. The Hall–Kier alpha value is -1.70. The number of nitrogens with zero attached hydrogens (tertiary/aromatic N) is 3. The van der Waals surface area contributed by atoms with E-state index in [1.54, 1.807) is 0 Å². The Kier molecular flexibility index (Phi) is 8.51. The van der Waals surface area contributed by atoms with Crippen LogP contribution in [0.15, 0.2) is 29.4 Å². The van der Waals surface area contributed by atoms with Gasteiger partial charge in [0, 0.05) is 45.0 Å². The lowest BCUT2D eigenvalue weighted by atomic mass is 10.1. The van der Waals surface area contributed by atoms with Crippen molar-refractivity contribution >= 4 is 28.7 Å². The second-order valence-electron chi connectivity index (χ2n) is 7.47. The number of thiocarbonyl (C=S) groups is 1. The number of ether oxygens (including phenoxy) is 1. The SMILES string of the molecule is C/C(=N\NC(=S)NCCN1CCOCC1)c1ccc(N2CCCCCC2)cc1. The zero-order chi connectivity index (χ0) is 19.6. The van der Waals surface area contributed by atoms with Crippen LogP contribution in [0.2, 0.25) is 0 Å². The lowest BCUT2D eigenvalue weighted by Gasteiger charge is -2.26. The quantitative estimate of drug-likeness (QED) is 0.433. The fourth-order valence-electron chi connectivity index (χ4n) is 3.63. The third-order valence-electron chi connectivity index (χ3n) is 5.40. The fraction of sp³-hybridized carbons (Fsp3) is 0.619. The number of nitrogens with one attached hydrogen (secondary N) is 2. The summed E-state index contributed by atoms with van der Waals surface area (Å²) in [4.78, 5) is 4.87. The van der Waals surface area contributed by atoms with Crippen molar-refractivity contribution in [2.24, 2.45) is 5.10 Å². The number of hydrogen-bond acceptors (Lipinski definition) is 5. The summed E-state index contributed by atoms with van der Waals surface area (Å²) in [7, 11) is 0. The number of anilines is 1. The van der Waals surface area contributed by atoms with Gasteiger partial charge in [0.25, 0.3) is 0 Å². The summed E-state index contributed by atoms with van der Waals surface area (Å²) in [5.41, 5.74) is 6.31. The Labute approximate surface area is 174 Å². The largest absolute Gasteiger partial charge is 0.379 e. The number of morpholine rings is 1. The zero-order valence-electron chi connectivity index (χ0n) is 17.0. The van der Waals surface area contributed by atoms with Crippen molar-refractivity contribution in [1.82, 2.24) is 15.6 Å². The van der Waals surface area contributed by atoms with Crippen molar-refractivity contribution in [3.05, 3.63) is 29.8 Å². The average Bonchev–Trinajstić information content (AvgIpc) is 3.02. The van der Waals surface area contributed by atoms with Gasteiger partial charge in [0.2, 0.25) is 0 Å². The molecular formula is C21H33N5OS. The molecule has 2 N–H and O–H groups in total. The van der Waals surface area contributed by atoms with Gasteiger partial charge < -0.3 is 15.0 Å². The van der Waals surface area contributed by atoms with Gasteiger partial charge in [-0.05, 0) is 49.7 Å². The smallest absolute Gasteiger partial charge is 0.187 e. The molecule has 3 rings (SSSR count). The Balaban J connectivity index is 1.42. The topological polar surface area (TPSA) is 52.1 Å². The lowest BCUT2D eigenvalue weighted by Crippen LogP contribution is -2.42. The zero-order valence-corrected chi connectivity index (χ0v) is 17.8. The molecule has 7 heteroatoms. The number of rotatable bonds is 6. The van der Waals surface area contributed by atoms with Crippen molar-refractivity contribution in [3.8, 4) is 0 Å². The molecule has 6 nitrogen and oxygen atoms in total. The summed E-state index contributed by atoms with van der Waals surface area (Å²) in [6.07, 6.45) is 5.29.